The zero-order valence-electron chi connectivity index (χ0n) is 14.4. The summed E-state index contributed by atoms with van der Waals surface area (Å²) in [6.45, 7) is 0.885. The van der Waals surface area contributed by atoms with E-state index >= 15 is 0 Å². The smallest absolute Gasteiger partial charge is 0.240 e. The van der Waals surface area contributed by atoms with E-state index in [0.717, 1.165) is 29.4 Å². The van der Waals surface area contributed by atoms with E-state index in [1.165, 1.54) is 11.6 Å². The molecule has 0 saturated heterocycles. The van der Waals surface area contributed by atoms with Crippen molar-refractivity contribution in [3.63, 3.8) is 0 Å². The van der Waals surface area contributed by atoms with E-state index in [1.54, 1.807) is 24.5 Å². The maximum absolute atomic E-state index is 12.8. The van der Waals surface area contributed by atoms with Crippen molar-refractivity contribution in [2.45, 2.75) is 30.2 Å². The Hall–Kier alpha value is -2.65. The second-order valence-corrected chi connectivity index (χ2v) is 8.47. The van der Waals surface area contributed by atoms with Crippen molar-refractivity contribution in [3.05, 3.63) is 41.7 Å². The van der Waals surface area contributed by atoms with E-state index in [9.17, 15) is 8.42 Å². The number of aromatic nitrogens is 3. The molecule has 140 valence electrons. The summed E-state index contributed by atoms with van der Waals surface area (Å²) in [5.74, 6) is 1.03. The number of ether oxygens (including phenoxy) is 2. The molecule has 1 atom stereocenters. The van der Waals surface area contributed by atoms with Gasteiger partial charge in [0.25, 0.3) is 0 Å². The van der Waals surface area contributed by atoms with Crippen LogP contribution in [-0.4, -0.2) is 42.9 Å². The van der Waals surface area contributed by atoms with Crippen molar-refractivity contribution in [2.24, 2.45) is 0 Å². The van der Waals surface area contributed by atoms with Crippen LogP contribution in [0.1, 0.15) is 17.5 Å². The predicted molar refractivity (Wildman–Crippen MR) is 97.5 cm³/mol. The summed E-state index contributed by atoms with van der Waals surface area (Å²) < 4.78 is 39.4. The van der Waals surface area contributed by atoms with Gasteiger partial charge in [-0.3, -0.25) is 5.10 Å². The van der Waals surface area contributed by atoms with Gasteiger partial charge in [0.15, 0.2) is 17.1 Å². The first-order valence-electron chi connectivity index (χ1n) is 8.82. The first-order valence-corrected chi connectivity index (χ1v) is 10.3. The fourth-order valence-corrected chi connectivity index (χ4v) is 5.01. The molecule has 3 heterocycles. The van der Waals surface area contributed by atoms with Gasteiger partial charge >= 0.3 is 0 Å². The van der Waals surface area contributed by atoms with Gasteiger partial charge in [0, 0.05) is 23.7 Å². The average Bonchev–Trinajstić information content (AvgIpc) is 3.16. The van der Waals surface area contributed by atoms with Crippen molar-refractivity contribution < 1.29 is 17.9 Å². The zero-order chi connectivity index (χ0) is 18.4. The predicted octanol–water partition coefficient (Wildman–Crippen LogP) is 1.56. The topological polar surface area (TPSA) is 106 Å². The molecule has 1 unspecified atom stereocenters. The second kappa shape index (κ2) is 6.21. The summed E-state index contributed by atoms with van der Waals surface area (Å²) in [7, 11) is -3.65. The number of nitrogens with zero attached hydrogens (tertiary/aromatic N) is 2. The molecule has 2 aromatic heterocycles. The van der Waals surface area contributed by atoms with E-state index in [2.05, 4.69) is 19.9 Å². The molecular weight excluding hydrogens is 368 g/mol. The standard InChI is InChI=1S/C18H18N4O4S/c23-27(24,13-2-4-16-17(8-13)26-6-5-25-16)22-12-1-3-14-11(7-12)9-19-18-15(14)10-20-21-18/h2,4,8-10,12,22H,1,3,5-7H2,(H,19,20,21). The van der Waals surface area contributed by atoms with Crippen LogP contribution in [-0.2, 0) is 22.9 Å². The van der Waals surface area contributed by atoms with Crippen LogP contribution in [0.3, 0.4) is 0 Å². The third-order valence-corrected chi connectivity index (χ3v) is 6.55. The molecule has 3 aromatic rings. The van der Waals surface area contributed by atoms with Gasteiger partial charge in [-0.05, 0) is 42.5 Å². The molecule has 27 heavy (non-hydrogen) atoms. The van der Waals surface area contributed by atoms with Crippen molar-refractivity contribution >= 4 is 21.1 Å². The second-order valence-electron chi connectivity index (χ2n) is 6.76. The number of fused-ring (bicyclic) bond motifs is 4. The SMILES string of the molecule is O=S(=O)(NC1CCc2c(cnc3[nH]ncc23)C1)c1ccc2c(c1)OCCO2. The lowest BCUT2D eigenvalue weighted by Gasteiger charge is -2.25. The first-order chi connectivity index (χ1) is 13.1. The Balaban J connectivity index is 1.38. The van der Waals surface area contributed by atoms with E-state index < -0.39 is 10.0 Å². The number of H-pyrrole nitrogens is 1. The molecule has 0 spiro atoms. The Morgan fingerprint density at radius 1 is 1.15 bits per heavy atom. The average molecular weight is 386 g/mol. The highest BCUT2D eigenvalue weighted by Gasteiger charge is 2.27. The van der Waals surface area contributed by atoms with Gasteiger partial charge in [-0.15, -0.1) is 0 Å². The molecule has 0 saturated carbocycles. The summed E-state index contributed by atoms with van der Waals surface area (Å²) in [5, 5.41) is 7.93. The number of pyridine rings is 1. The van der Waals surface area contributed by atoms with Crippen LogP contribution in [0.2, 0.25) is 0 Å². The van der Waals surface area contributed by atoms with E-state index in [0.29, 0.717) is 31.1 Å². The Morgan fingerprint density at radius 2 is 2.00 bits per heavy atom. The Kier molecular flexibility index (Phi) is 3.80. The third kappa shape index (κ3) is 2.92. The monoisotopic (exact) mass is 386 g/mol. The van der Waals surface area contributed by atoms with Gasteiger partial charge < -0.3 is 9.47 Å². The molecule has 1 aromatic carbocycles. The quantitative estimate of drug-likeness (QED) is 0.708. The van der Waals surface area contributed by atoms with Crippen LogP contribution >= 0.6 is 0 Å². The highest BCUT2D eigenvalue weighted by molar-refractivity contribution is 7.89. The number of hydrogen-bond donors (Lipinski definition) is 2. The normalized spacial score (nSPS) is 19.0. The molecule has 2 N–H and O–H groups in total. The fourth-order valence-electron chi connectivity index (χ4n) is 3.73. The minimum absolute atomic E-state index is 0.179. The van der Waals surface area contributed by atoms with Crippen LogP contribution in [0.25, 0.3) is 11.0 Å². The molecule has 5 rings (SSSR count). The summed E-state index contributed by atoms with van der Waals surface area (Å²) in [4.78, 5) is 4.55. The lowest BCUT2D eigenvalue weighted by atomic mass is 9.88. The van der Waals surface area contributed by atoms with Gasteiger partial charge in [-0.1, -0.05) is 0 Å². The summed E-state index contributed by atoms with van der Waals surface area (Å²) >= 11 is 0. The largest absolute Gasteiger partial charge is 0.486 e. The number of aromatic amines is 1. The number of hydrogen-bond acceptors (Lipinski definition) is 6. The van der Waals surface area contributed by atoms with Crippen LogP contribution in [0, 0.1) is 0 Å². The van der Waals surface area contributed by atoms with Crippen molar-refractivity contribution in [1.29, 1.82) is 0 Å². The van der Waals surface area contributed by atoms with Crippen molar-refractivity contribution in [2.75, 3.05) is 13.2 Å². The van der Waals surface area contributed by atoms with Gasteiger partial charge in [-0.25, -0.2) is 18.1 Å². The lowest BCUT2D eigenvalue weighted by molar-refractivity contribution is 0.171. The van der Waals surface area contributed by atoms with Crippen LogP contribution in [0.4, 0.5) is 0 Å². The number of aryl methyl sites for hydroxylation is 1. The van der Waals surface area contributed by atoms with Gasteiger partial charge in [-0.2, -0.15) is 5.10 Å². The molecule has 1 aliphatic heterocycles. The first kappa shape index (κ1) is 16.5. The molecule has 9 heteroatoms. The molecule has 0 radical (unpaired) electrons. The molecule has 0 fully saturated rings. The van der Waals surface area contributed by atoms with Crippen LogP contribution < -0.4 is 14.2 Å². The minimum Gasteiger partial charge on any atom is -0.486 e. The Labute approximate surface area is 156 Å². The van der Waals surface area contributed by atoms with Gasteiger partial charge in [0.05, 0.1) is 11.1 Å². The molecule has 0 bridgehead atoms. The molecule has 8 nitrogen and oxygen atoms in total. The zero-order valence-corrected chi connectivity index (χ0v) is 15.3. The number of sulfonamides is 1. The van der Waals surface area contributed by atoms with Crippen molar-refractivity contribution in [1.82, 2.24) is 19.9 Å². The number of rotatable bonds is 3. The van der Waals surface area contributed by atoms with Crippen LogP contribution in [0.5, 0.6) is 11.5 Å². The summed E-state index contributed by atoms with van der Waals surface area (Å²) in [6.07, 6.45) is 5.69. The maximum Gasteiger partial charge on any atom is 0.240 e. The van der Waals surface area contributed by atoms with Crippen LogP contribution in [0.15, 0.2) is 35.5 Å². The van der Waals surface area contributed by atoms with E-state index in [-0.39, 0.29) is 10.9 Å². The van der Waals surface area contributed by atoms with Crippen molar-refractivity contribution in [3.8, 4) is 11.5 Å². The third-order valence-electron chi connectivity index (χ3n) is 5.04. The summed E-state index contributed by atoms with van der Waals surface area (Å²) in [5.41, 5.74) is 3.03. The lowest BCUT2D eigenvalue weighted by Crippen LogP contribution is -2.38. The van der Waals surface area contributed by atoms with Gasteiger partial charge in [0.2, 0.25) is 10.0 Å². The summed E-state index contributed by atoms with van der Waals surface area (Å²) in [6, 6.07) is 4.52. The number of nitrogens with one attached hydrogen (secondary N) is 2. The Bertz CT molecular complexity index is 1130. The highest BCUT2D eigenvalue weighted by atomic mass is 32.2. The molecular formula is C18H18N4O4S. The van der Waals surface area contributed by atoms with Gasteiger partial charge in [0.1, 0.15) is 13.2 Å². The maximum atomic E-state index is 12.8. The molecule has 0 amide bonds. The molecule has 1 aliphatic carbocycles. The number of benzene rings is 1. The molecule has 2 aliphatic rings. The minimum atomic E-state index is -3.65. The fraction of sp³-hybridized carbons (Fsp3) is 0.333. The van der Waals surface area contributed by atoms with E-state index in [4.69, 9.17) is 9.47 Å². The Morgan fingerprint density at radius 3 is 2.89 bits per heavy atom. The van der Waals surface area contributed by atoms with E-state index in [1.807, 2.05) is 0 Å². The highest BCUT2D eigenvalue weighted by Crippen LogP contribution is 2.33.